The van der Waals surface area contributed by atoms with Gasteiger partial charge in [0.25, 0.3) is 0 Å². The van der Waals surface area contributed by atoms with E-state index in [1.807, 2.05) is 0 Å². The minimum absolute atomic E-state index is 0.00301. The number of aliphatic hydroxyl groups excluding tert-OH is 8. The number of carbonyl (C=O) groups is 4. The monoisotopic (exact) mass is 862 g/mol. The van der Waals surface area contributed by atoms with Crippen molar-refractivity contribution in [1.82, 2.24) is 0 Å². The van der Waals surface area contributed by atoms with Gasteiger partial charge in [0, 0.05) is 11.8 Å². The Morgan fingerprint density at radius 3 is 1.23 bits per heavy atom. The van der Waals surface area contributed by atoms with E-state index in [1.54, 1.807) is 0 Å². The molecule has 0 radical (unpaired) electrons. The highest BCUT2D eigenvalue weighted by molar-refractivity contribution is 6.18. The number of hydrogen-bond donors (Lipinski definition) is 12. The van der Waals surface area contributed by atoms with E-state index in [-0.39, 0.29) is 44.9 Å². The largest absolute Gasteiger partial charge is 0.507 e. The first-order chi connectivity index (χ1) is 29.5. The molecular weight excluding hydrogens is 824 g/mol. The van der Waals surface area contributed by atoms with Crippen LogP contribution in [-0.4, -0.2) is 159 Å². The van der Waals surface area contributed by atoms with Crippen LogP contribution in [0.1, 0.15) is 86.6 Å². The van der Waals surface area contributed by atoms with Crippen LogP contribution >= 0.6 is 0 Å². The summed E-state index contributed by atoms with van der Waals surface area (Å²) in [6, 6.07) is 11.9. The maximum absolute atomic E-state index is 14.7. The summed E-state index contributed by atoms with van der Waals surface area (Å²) >= 11 is 0. The molecule has 20 nitrogen and oxygen atoms in total. The van der Waals surface area contributed by atoms with E-state index in [9.17, 15) is 80.5 Å². The number of aromatic hydroxyl groups is 2. The molecule has 4 aromatic rings. The maximum Gasteiger partial charge on any atom is 0.335 e. The number of hydrogen-bond acceptors (Lipinski definition) is 18. The Morgan fingerprint density at radius 1 is 0.516 bits per heavy atom. The Balaban J connectivity index is 1.38. The Kier molecular flexibility index (Phi) is 11.0. The first kappa shape index (κ1) is 42.6. The van der Waals surface area contributed by atoms with Crippen LogP contribution < -0.4 is 9.47 Å². The van der Waals surface area contributed by atoms with Crippen molar-refractivity contribution in [3.05, 3.63) is 116 Å². The van der Waals surface area contributed by atoms with Gasteiger partial charge in [-0.15, -0.1) is 0 Å². The highest BCUT2D eigenvalue weighted by Crippen LogP contribution is 2.56. The van der Waals surface area contributed by atoms with Crippen LogP contribution in [0.5, 0.6) is 23.0 Å². The van der Waals surface area contributed by atoms with Crippen LogP contribution in [0.3, 0.4) is 0 Å². The molecule has 2 aliphatic heterocycles. The molecule has 0 saturated carbocycles. The topological polar surface area (TPSA) is 348 Å². The van der Waals surface area contributed by atoms with Gasteiger partial charge in [-0.2, -0.15) is 0 Å². The van der Waals surface area contributed by atoms with Crippen LogP contribution in [-0.2, 0) is 9.47 Å². The molecule has 12 N–H and O–H groups in total. The third-order valence-electron chi connectivity index (χ3n) is 11.7. The van der Waals surface area contributed by atoms with E-state index in [0.29, 0.717) is 0 Å². The van der Waals surface area contributed by atoms with Crippen molar-refractivity contribution in [1.29, 1.82) is 0 Å². The van der Waals surface area contributed by atoms with Gasteiger partial charge in [0.15, 0.2) is 0 Å². The molecule has 2 heterocycles. The van der Waals surface area contributed by atoms with Crippen LogP contribution in [0, 0.1) is 0 Å². The van der Waals surface area contributed by atoms with Crippen molar-refractivity contribution in [3.63, 3.8) is 0 Å². The molecule has 326 valence electrons. The number of aromatic carboxylic acids is 2. The van der Waals surface area contributed by atoms with Crippen LogP contribution in [0.4, 0.5) is 0 Å². The fourth-order valence-corrected chi connectivity index (χ4v) is 8.71. The van der Waals surface area contributed by atoms with Gasteiger partial charge < -0.3 is 80.2 Å². The molecule has 0 spiro atoms. The quantitative estimate of drug-likeness (QED) is 0.0950. The van der Waals surface area contributed by atoms with Crippen LogP contribution in [0.2, 0.25) is 0 Å². The minimum atomic E-state index is -1.94. The predicted molar refractivity (Wildman–Crippen MR) is 202 cm³/mol. The maximum atomic E-state index is 14.7. The third kappa shape index (κ3) is 6.73. The number of ether oxygens (including phenoxy) is 4. The highest BCUT2D eigenvalue weighted by Gasteiger charge is 2.50. The molecule has 0 amide bonds. The Hall–Kier alpha value is -6.04. The zero-order valence-electron chi connectivity index (χ0n) is 31.7. The second-order valence-corrected chi connectivity index (χ2v) is 15.2. The summed E-state index contributed by atoms with van der Waals surface area (Å²) in [7, 11) is 0. The standard InChI is InChI=1S/C42H38O20/c43-11-23-31(47)35(51)37(53)41(61-23)59-21-5-1-3-15-25(17-7-13(39(55)56)9-19(45)27(17)33(49)29(15)21)26-16-4-2-6-22(60-42-38(54)36(52)32(48)24(12-44)62-42)30(16)34(50)28-18(26)8-14(40(57)58)10-20(28)46/h1-10,23-26,31-32,35-38,41-48,51-54H,11-12H2,(H,55,56)(H,57,58)/t23-,24+,25?,26?,31-,32-,35+,36+,37-,38-,41?,42+/m1/s1. The van der Waals surface area contributed by atoms with Crippen LogP contribution in [0.25, 0.3) is 0 Å². The normalized spacial score (nSPS) is 30.1. The van der Waals surface area contributed by atoms with Gasteiger partial charge in [0.2, 0.25) is 24.1 Å². The van der Waals surface area contributed by atoms with Crippen molar-refractivity contribution in [2.45, 2.75) is 73.2 Å². The molecule has 20 heteroatoms. The van der Waals surface area contributed by atoms with E-state index in [1.165, 1.54) is 36.4 Å². The molecule has 8 rings (SSSR count). The SMILES string of the molecule is O=C(O)c1cc(O)c2c(c1)C(C1c3cc(C(=O)O)cc(O)c3C(=O)c3c(O[C@H]4O[C@@H](CO)[C@@H](O)[C@H](O)[C@H]4O)cccc31)c1cccc(OC3O[C@H](CO)[C@@H](O)[C@H](O)[C@H]3O)c1C2=O. The zero-order chi connectivity index (χ0) is 44.6. The number of rotatable bonds is 9. The van der Waals surface area contributed by atoms with Gasteiger partial charge in [-0.25, -0.2) is 9.59 Å². The summed E-state index contributed by atoms with van der Waals surface area (Å²) in [5.74, 6) is -10.1. The van der Waals surface area contributed by atoms with Gasteiger partial charge in [-0.1, -0.05) is 24.3 Å². The number of benzene rings is 4. The molecule has 2 aliphatic carbocycles. The molecular formula is C42H38O20. The number of aliphatic hydroxyl groups is 8. The Labute approximate surface area is 348 Å². The summed E-state index contributed by atoms with van der Waals surface area (Å²) in [4.78, 5) is 54.2. The van der Waals surface area contributed by atoms with E-state index >= 15 is 0 Å². The van der Waals surface area contributed by atoms with Gasteiger partial charge >= 0.3 is 11.9 Å². The van der Waals surface area contributed by atoms with Crippen molar-refractivity contribution in [2.75, 3.05) is 13.2 Å². The summed E-state index contributed by atoms with van der Waals surface area (Å²) in [5, 5.41) is 126. The van der Waals surface area contributed by atoms with Gasteiger partial charge in [-0.3, -0.25) is 9.59 Å². The number of fused-ring (bicyclic) bond motifs is 4. The van der Waals surface area contributed by atoms with E-state index in [0.717, 1.165) is 24.3 Å². The van der Waals surface area contributed by atoms with Crippen molar-refractivity contribution < 1.29 is 99.4 Å². The summed E-state index contributed by atoms with van der Waals surface area (Å²) in [5.41, 5.74) is -2.87. The molecule has 0 aromatic heterocycles. The first-order valence-corrected chi connectivity index (χ1v) is 19.0. The molecule has 4 aliphatic rings. The number of phenols is 2. The predicted octanol–water partition coefficient (Wildman–Crippen LogP) is -1.10. The number of carbonyl (C=O) groups excluding carboxylic acids is 2. The smallest absolute Gasteiger partial charge is 0.335 e. The minimum Gasteiger partial charge on any atom is -0.507 e. The molecule has 62 heavy (non-hydrogen) atoms. The average molecular weight is 863 g/mol. The fourth-order valence-electron chi connectivity index (χ4n) is 8.71. The van der Waals surface area contributed by atoms with Crippen molar-refractivity contribution in [2.24, 2.45) is 0 Å². The first-order valence-electron chi connectivity index (χ1n) is 19.0. The van der Waals surface area contributed by atoms with Gasteiger partial charge in [0.05, 0.1) is 46.6 Å². The lowest BCUT2D eigenvalue weighted by Gasteiger charge is -2.41. The molecule has 0 bridgehead atoms. The number of phenolic OH excluding ortho intramolecular Hbond substituents is 2. The molecule has 2 fully saturated rings. The zero-order valence-corrected chi connectivity index (χ0v) is 31.7. The Bertz CT molecular complexity index is 2330. The molecule has 2 saturated heterocycles. The third-order valence-corrected chi connectivity index (χ3v) is 11.7. The summed E-state index contributed by atoms with van der Waals surface area (Å²) in [6.07, 6.45) is -17.7. The van der Waals surface area contributed by atoms with Crippen LogP contribution in [0.15, 0.2) is 60.7 Å². The Morgan fingerprint density at radius 2 is 0.887 bits per heavy atom. The van der Waals surface area contributed by atoms with Crippen molar-refractivity contribution >= 4 is 23.5 Å². The van der Waals surface area contributed by atoms with Gasteiger partial charge in [-0.05, 0) is 58.7 Å². The van der Waals surface area contributed by atoms with E-state index in [2.05, 4.69) is 0 Å². The number of carboxylic acids is 2. The molecule has 3 unspecified atom stereocenters. The number of carboxylic acid groups (broad SMARTS) is 2. The van der Waals surface area contributed by atoms with Gasteiger partial charge in [0.1, 0.15) is 71.8 Å². The summed E-state index contributed by atoms with van der Waals surface area (Å²) < 4.78 is 23.0. The van der Waals surface area contributed by atoms with E-state index in [4.69, 9.17) is 18.9 Å². The second-order valence-electron chi connectivity index (χ2n) is 15.2. The second kappa shape index (κ2) is 16.0. The molecule has 4 aromatic carbocycles. The average Bonchev–Trinajstić information content (AvgIpc) is 3.24. The van der Waals surface area contributed by atoms with E-state index < -0.39 is 144 Å². The molecule has 12 atom stereocenters. The summed E-state index contributed by atoms with van der Waals surface area (Å²) in [6.45, 7) is -1.64. The lowest BCUT2D eigenvalue weighted by Crippen LogP contribution is -2.60. The highest BCUT2D eigenvalue weighted by atomic mass is 16.7. The lowest BCUT2D eigenvalue weighted by atomic mass is 9.63. The number of ketones is 2. The van der Waals surface area contributed by atoms with Crippen molar-refractivity contribution in [3.8, 4) is 23.0 Å². The lowest BCUT2D eigenvalue weighted by molar-refractivity contribution is -0.277. The fraction of sp³-hybridized carbons (Fsp3) is 0.333.